The Morgan fingerprint density at radius 1 is 1.45 bits per heavy atom. The smallest absolute Gasteiger partial charge is 0.192 e. The zero-order valence-electron chi connectivity index (χ0n) is 12.8. The Bertz CT molecular complexity index is 537. The zero-order chi connectivity index (χ0) is 14.3. The van der Waals surface area contributed by atoms with Gasteiger partial charge in [0.05, 0.1) is 12.1 Å². The summed E-state index contributed by atoms with van der Waals surface area (Å²) in [6.07, 6.45) is 3.46. The number of rotatable bonds is 2. The number of hydrogen-bond acceptors (Lipinski definition) is 3. The first-order valence-electron chi connectivity index (χ1n) is 7.79. The van der Waals surface area contributed by atoms with Crippen LogP contribution in [0.3, 0.4) is 0 Å². The van der Waals surface area contributed by atoms with Crippen LogP contribution in [0.15, 0.2) is 29.3 Å². The molecule has 108 valence electrons. The van der Waals surface area contributed by atoms with E-state index in [4.69, 9.17) is 5.73 Å². The minimum atomic E-state index is 0.00259. The summed E-state index contributed by atoms with van der Waals surface area (Å²) >= 11 is 0. The SMILES string of the molecule is CCC(C)N1C(N)=NCC12CCC(C)c1ccccc12. The minimum absolute atomic E-state index is 0.00259. The average Bonchev–Trinajstić information content (AvgIpc) is 2.81. The van der Waals surface area contributed by atoms with Gasteiger partial charge < -0.3 is 10.6 Å². The van der Waals surface area contributed by atoms with Crippen molar-refractivity contribution in [2.45, 2.75) is 57.5 Å². The van der Waals surface area contributed by atoms with Crippen molar-refractivity contribution in [1.82, 2.24) is 4.90 Å². The van der Waals surface area contributed by atoms with Gasteiger partial charge >= 0.3 is 0 Å². The molecule has 3 rings (SSSR count). The third-order valence-electron chi connectivity index (χ3n) is 5.23. The molecule has 0 aromatic heterocycles. The van der Waals surface area contributed by atoms with E-state index in [0.29, 0.717) is 12.0 Å². The molecule has 2 N–H and O–H groups in total. The lowest BCUT2D eigenvalue weighted by molar-refractivity contribution is 0.126. The third-order valence-corrected chi connectivity index (χ3v) is 5.23. The molecule has 3 unspecified atom stereocenters. The van der Waals surface area contributed by atoms with Gasteiger partial charge in [-0.2, -0.15) is 0 Å². The molecule has 1 spiro atoms. The fourth-order valence-corrected chi connectivity index (χ4v) is 3.92. The summed E-state index contributed by atoms with van der Waals surface area (Å²) in [6.45, 7) is 7.63. The van der Waals surface area contributed by atoms with Crippen LogP contribution in [0, 0.1) is 0 Å². The highest BCUT2D eigenvalue weighted by atomic mass is 15.4. The summed E-state index contributed by atoms with van der Waals surface area (Å²) in [5.41, 5.74) is 9.16. The number of nitrogens with zero attached hydrogens (tertiary/aromatic N) is 2. The first-order valence-corrected chi connectivity index (χ1v) is 7.79. The molecule has 3 nitrogen and oxygen atoms in total. The van der Waals surface area contributed by atoms with E-state index in [-0.39, 0.29) is 5.54 Å². The van der Waals surface area contributed by atoms with Gasteiger partial charge in [0.1, 0.15) is 0 Å². The van der Waals surface area contributed by atoms with E-state index in [2.05, 4.69) is 54.9 Å². The van der Waals surface area contributed by atoms with Crippen LogP contribution in [-0.4, -0.2) is 23.4 Å². The van der Waals surface area contributed by atoms with Crippen molar-refractivity contribution < 1.29 is 0 Å². The van der Waals surface area contributed by atoms with Crippen molar-refractivity contribution in [2.24, 2.45) is 10.7 Å². The minimum Gasteiger partial charge on any atom is -0.370 e. The molecule has 0 saturated carbocycles. The quantitative estimate of drug-likeness (QED) is 0.897. The summed E-state index contributed by atoms with van der Waals surface area (Å²) in [6, 6.07) is 9.31. The molecule has 3 atom stereocenters. The molecule has 1 heterocycles. The fourth-order valence-electron chi connectivity index (χ4n) is 3.92. The van der Waals surface area contributed by atoms with E-state index in [1.165, 1.54) is 17.5 Å². The van der Waals surface area contributed by atoms with E-state index in [1.54, 1.807) is 0 Å². The largest absolute Gasteiger partial charge is 0.370 e. The second-order valence-electron chi connectivity index (χ2n) is 6.36. The maximum Gasteiger partial charge on any atom is 0.192 e. The zero-order valence-corrected chi connectivity index (χ0v) is 12.8. The average molecular weight is 271 g/mol. The molecule has 2 aliphatic rings. The highest BCUT2D eigenvalue weighted by Crippen LogP contribution is 2.47. The first-order chi connectivity index (χ1) is 9.60. The highest BCUT2D eigenvalue weighted by Gasteiger charge is 2.48. The summed E-state index contributed by atoms with van der Waals surface area (Å²) in [4.78, 5) is 6.99. The maximum absolute atomic E-state index is 6.23. The Morgan fingerprint density at radius 2 is 2.20 bits per heavy atom. The van der Waals surface area contributed by atoms with Crippen molar-refractivity contribution in [3.05, 3.63) is 35.4 Å². The van der Waals surface area contributed by atoms with Crippen molar-refractivity contribution in [1.29, 1.82) is 0 Å². The van der Waals surface area contributed by atoms with E-state index in [9.17, 15) is 0 Å². The van der Waals surface area contributed by atoms with Gasteiger partial charge in [-0.1, -0.05) is 38.1 Å². The number of benzene rings is 1. The molecule has 0 radical (unpaired) electrons. The number of hydrogen-bond donors (Lipinski definition) is 1. The van der Waals surface area contributed by atoms with Gasteiger partial charge in [-0.25, -0.2) is 0 Å². The monoisotopic (exact) mass is 271 g/mol. The molecule has 20 heavy (non-hydrogen) atoms. The van der Waals surface area contributed by atoms with Crippen LogP contribution in [0.4, 0.5) is 0 Å². The van der Waals surface area contributed by atoms with Crippen LogP contribution in [-0.2, 0) is 5.54 Å². The lowest BCUT2D eigenvalue weighted by Gasteiger charge is -2.47. The second-order valence-corrected chi connectivity index (χ2v) is 6.36. The first kappa shape index (κ1) is 13.5. The number of fused-ring (bicyclic) bond motifs is 2. The second kappa shape index (κ2) is 4.80. The van der Waals surface area contributed by atoms with E-state index in [1.807, 2.05) is 0 Å². The van der Waals surface area contributed by atoms with Crippen LogP contribution in [0.1, 0.15) is 57.1 Å². The number of nitrogens with two attached hydrogens (primary N) is 1. The molecule has 0 bridgehead atoms. The highest BCUT2D eigenvalue weighted by molar-refractivity contribution is 5.82. The van der Waals surface area contributed by atoms with Gasteiger partial charge in [0.25, 0.3) is 0 Å². The Balaban J connectivity index is 2.11. The van der Waals surface area contributed by atoms with Crippen LogP contribution in [0.25, 0.3) is 0 Å². The molecule has 1 aromatic rings. The van der Waals surface area contributed by atoms with Crippen molar-refractivity contribution in [2.75, 3.05) is 6.54 Å². The molecule has 0 saturated heterocycles. The normalized spacial score (nSPS) is 30.2. The van der Waals surface area contributed by atoms with Crippen molar-refractivity contribution in [3.8, 4) is 0 Å². The molecular formula is C17H25N3. The molecule has 1 aliphatic heterocycles. The fraction of sp³-hybridized carbons (Fsp3) is 0.588. The van der Waals surface area contributed by atoms with Gasteiger partial charge in [0.2, 0.25) is 0 Å². The lowest BCUT2D eigenvalue weighted by Crippen LogP contribution is -2.54. The van der Waals surface area contributed by atoms with E-state index in [0.717, 1.165) is 25.3 Å². The molecule has 0 amide bonds. The van der Waals surface area contributed by atoms with Gasteiger partial charge in [0.15, 0.2) is 5.96 Å². The summed E-state index contributed by atoms with van der Waals surface area (Å²) in [5, 5.41) is 0. The summed E-state index contributed by atoms with van der Waals surface area (Å²) < 4.78 is 0. The molecule has 1 aromatic carbocycles. The van der Waals surface area contributed by atoms with Crippen LogP contribution < -0.4 is 5.73 Å². The molecule has 0 fully saturated rings. The summed E-state index contributed by atoms with van der Waals surface area (Å²) in [5.74, 6) is 1.36. The van der Waals surface area contributed by atoms with Crippen LogP contribution in [0.5, 0.6) is 0 Å². The summed E-state index contributed by atoms with van der Waals surface area (Å²) in [7, 11) is 0. The van der Waals surface area contributed by atoms with Gasteiger partial charge in [0, 0.05) is 6.04 Å². The van der Waals surface area contributed by atoms with E-state index < -0.39 is 0 Å². The molecular weight excluding hydrogens is 246 g/mol. The van der Waals surface area contributed by atoms with Crippen LogP contribution >= 0.6 is 0 Å². The predicted molar refractivity (Wildman–Crippen MR) is 83.9 cm³/mol. The standard InChI is InChI=1S/C17H25N3/c1-4-13(3)20-16(18)19-11-17(20)10-9-12(2)14-7-5-6-8-15(14)17/h5-8,12-13H,4,9-11H2,1-3H3,(H2,18,19). The Morgan fingerprint density at radius 3 is 2.95 bits per heavy atom. The molecule has 3 heteroatoms. The Hall–Kier alpha value is -1.51. The third kappa shape index (κ3) is 1.75. The Labute approximate surface area is 121 Å². The number of aliphatic imine (C=N–C) groups is 1. The van der Waals surface area contributed by atoms with Crippen LogP contribution in [0.2, 0.25) is 0 Å². The van der Waals surface area contributed by atoms with Gasteiger partial charge in [-0.15, -0.1) is 0 Å². The van der Waals surface area contributed by atoms with Crippen molar-refractivity contribution >= 4 is 5.96 Å². The predicted octanol–water partition coefficient (Wildman–Crippen LogP) is 3.21. The number of guanidine groups is 1. The lowest BCUT2D eigenvalue weighted by atomic mass is 9.71. The maximum atomic E-state index is 6.23. The van der Waals surface area contributed by atoms with Gasteiger partial charge in [-0.3, -0.25) is 4.99 Å². The topological polar surface area (TPSA) is 41.6 Å². The van der Waals surface area contributed by atoms with Crippen molar-refractivity contribution in [3.63, 3.8) is 0 Å². The molecule has 1 aliphatic carbocycles. The van der Waals surface area contributed by atoms with Gasteiger partial charge in [-0.05, 0) is 43.2 Å². The van der Waals surface area contributed by atoms with E-state index >= 15 is 0 Å². The Kier molecular flexibility index (Phi) is 3.23.